The minimum atomic E-state index is 0.0623. The zero-order valence-electron chi connectivity index (χ0n) is 10.4. The lowest BCUT2D eigenvalue weighted by Gasteiger charge is -2.19. The van der Waals surface area contributed by atoms with Crippen molar-refractivity contribution in [2.75, 3.05) is 6.54 Å². The number of carbonyl (C=O) groups excluding carboxylic acids is 1. The van der Waals surface area contributed by atoms with E-state index in [1.807, 2.05) is 0 Å². The Morgan fingerprint density at radius 2 is 2.19 bits per heavy atom. The molecule has 0 atom stereocenters. The molecular formula is C11H20N4O. The van der Waals surface area contributed by atoms with Crippen molar-refractivity contribution in [3.63, 3.8) is 0 Å². The van der Waals surface area contributed by atoms with Gasteiger partial charge in [0.25, 0.3) is 0 Å². The zero-order valence-corrected chi connectivity index (χ0v) is 10.4. The number of hydrogen-bond acceptors (Lipinski definition) is 4. The second-order valence-corrected chi connectivity index (χ2v) is 5.03. The molecule has 0 saturated carbocycles. The fourth-order valence-corrected chi connectivity index (χ4v) is 1.34. The van der Waals surface area contributed by atoms with Crippen LogP contribution >= 0.6 is 0 Å². The van der Waals surface area contributed by atoms with Crippen LogP contribution in [0.2, 0.25) is 0 Å². The van der Waals surface area contributed by atoms with Crippen molar-refractivity contribution < 1.29 is 4.79 Å². The van der Waals surface area contributed by atoms with Crippen LogP contribution in [0, 0.1) is 0 Å². The Bertz CT molecular complexity index is 351. The van der Waals surface area contributed by atoms with Gasteiger partial charge in [0.2, 0.25) is 0 Å². The standard InChI is InChI=1S/C11H20N4O/c1-11(2,3)12-6-5-10(16)7-9-8-15(4)14-13-9/h8,12H,5-7H2,1-4H3. The van der Waals surface area contributed by atoms with E-state index in [1.54, 1.807) is 17.9 Å². The van der Waals surface area contributed by atoms with Crippen LogP contribution in [0.25, 0.3) is 0 Å². The second kappa shape index (κ2) is 5.21. The van der Waals surface area contributed by atoms with Crippen LogP contribution in [-0.4, -0.2) is 32.9 Å². The SMILES string of the molecule is Cn1cc(CC(=O)CCNC(C)(C)C)nn1. The summed E-state index contributed by atoms with van der Waals surface area (Å²) in [7, 11) is 1.79. The van der Waals surface area contributed by atoms with Crippen LogP contribution in [0.15, 0.2) is 6.20 Å². The summed E-state index contributed by atoms with van der Waals surface area (Å²) in [6, 6.07) is 0. The van der Waals surface area contributed by atoms with Crippen LogP contribution in [0.1, 0.15) is 32.9 Å². The molecule has 0 radical (unpaired) electrons. The van der Waals surface area contributed by atoms with Gasteiger partial charge in [-0.2, -0.15) is 0 Å². The first-order valence-electron chi connectivity index (χ1n) is 5.49. The molecule has 0 saturated heterocycles. The Morgan fingerprint density at radius 3 is 2.69 bits per heavy atom. The number of rotatable bonds is 5. The molecule has 0 bridgehead atoms. The number of aryl methyl sites for hydroxylation is 1. The Labute approximate surface area is 96.2 Å². The largest absolute Gasteiger partial charge is 0.312 e. The van der Waals surface area contributed by atoms with Gasteiger partial charge in [-0.1, -0.05) is 5.21 Å². The maximum absolute atomic E-state index is 11.6. The Balaban J connectivity index is 2.26. The number of carbonyl (C=O) groups is 1. The highest BCUT2D eigenvalue weighted by atomic mass is 16.1. The summed E-state index contributed by atoms with van der Waals surface area (Å²) in [4.78, 5) is 11.6. The molecule has 1 aromatic heterocycles. The lowest BCUT2D eigenvalue weighted by atomic mass is 10.1. The smallest absolute Gasteiger partial charge is 0.140 e. The highest BCUT2D eigenvalue weighted by Gasteiger charge is 2.11. The van der Waals surface area contributed by atoms with Gasteiger partial charge in [0.15, 0.2) is 0 Å². The van der Waals surface area contributed by atoms with Gasteiger partial charge >= 0.3 is 0 Å². The number of aromatic nitrogens is 3. The summed E-state index contributed by atoms with van der Waals surface area (Å²) in [6.45, 7) is 6.96. The van der Waals surface area contributed by atoms with E-state index in [-0.39, 0.29) is 11.3 Å². The van der Waals surface area contributed by atoms with Crippen LogP contribution in [0.5, 0.6) is 0 Å². The van der Waals surface area contributed by atoms with Gasteiger partial charge in [0, 0.05) is 31.7 Å². The van der Waals surface area contributed by atoms with Gasteiger partial charge in [-0.05, 0) is 20.8 Å². The number of nitrogens with zero attached hydrogens (tertiary/aromatic N) is 3. The van der Waals surface area contributed by atoms with Crippen molar-refractivity contribution in [3.05, 3.63) is 11.9 Å². The molecule has 1 heterocycles. The lowest BCUT2D eigenvalue weighted by molar-refractivity contribution is -0.118. The van der Waals surface area contributed by atoms with E-state index in [0.717, 1.165) is 5.69 Å². The van der Waals surface area contributed by atoms with Gasteiger partial charge in [-0.15, -0.1) is 5.10 Å². The molecule has 0 spiro atoms. The van der Waals surface area contributed by atoms with Gasteiger partial charge in [-0.25, -0.2) is 0 Å². The van der Waals surface area contributed by atoms with Crippen LogP contribution in [-0.2, 0) is 18.3 Å². The predicted molar refractivity (Wildman–Crippen MR) is 62.1 cm³/mol. The van der Waals surface area contributed by atoms with Crippen molar-refractivity contribution in [1.82, 2.24) is 20.3 Å². The third kappa shape index (κ3) is 5.02. The van der Waals surface area contributed by atoms with Gasteiger partial charge in [0.05, 0.1) is 12.1 Å². The molecule has 0 aliphatic carbocycles. The summed E-state index contributed by atoms with van der Waals surface area (Å²) >= 11 is 0. The normalized spacial score (nSPS) is 11.8. The van der Waals surface area contributed by atoms with Gasteiger partial charge < -0.3 is 5.32 Å². The first-order valence-corrected chi connectivity index (χ1v) is 5.49. The molecule has 0 aliphatic heterocycles. The lowest BCUT2D eigenvalue weighted by Crippen LogP contribution is -2.37. The molecule has 16 heavy (non-hydrogen) atoms. The van der Waals surface area contributed by atoms with E-state index < -0.39 is 0 Å². The summed E-state index contributed by atoms with van der Waals surface area (Å²) in [5.41, 5.74) is 0.801. The Hall–Kier alpha value is -1.23. The van der Waals surface area contributed by atoms with E-state index >= 15 is 0 Å². The van der Waals surface area contributed by atoms with Gasteiger partial charge in [-0.3, -0.25) is 9.48 Å². The molecule has 0 aromatic carbocycles. The minimum Gasteiger partial charge on any atom is -0.312 e. The zero-order chi connectivity index (χ0) is 12.2. The summed E-state index contributed by atoms with van der Waals surface area (Å²) < 4.78 is 1.61. The Morgan fingerprint density at radius 1 is 1.50 bits per heavy atom. The first kappa shape index (κ1) is 12.8. The molecule has 0 unspecified atom stereocenters. The van der Waals surface area contributed by atoms with E-state index in [2.05, 4.69) is 36.4 Å². The quantitative estimate of drug-likeness (QED) is 0.800. The summed E-state index contributed by atoms with van der Waals surface area (Å²) in [6.07, 6.45) is 2.68. The molecule has 5 nitrogen and oxygen atoms in total. The van der Waals surface area contributed by atoms with E-state index in [0.29, 0.717) is 19.4 Å². The Kier molecular flexibility index (Phi) is 4.18. The predicted octanol–water partition coefficient (Wildman–Crippen LogP) is 0.705. The summed E-state index contributed by atoms with van der Waals surface area (Å²) in [5.74, 6) is 0.192. The number of nitrogens with one attached hydrogen (secondary N) is 1. The highest BCUT2D eigenvalue weighted by Crippen LogP contribution is 2.00. The molecule has 90 valence electrons. The molecule has 1 rings (SSSR count). The molecule has 5 heteroatoms. The van der Waals surface area contributed by atoms with Crippen molar-refractivity contribution in [1.29, 1.82) is 0 Å². The first-order chi connectivity index (χ1) is 7.37. The fourth-order valence-electron chi connectivity index (χ4n) is 1.34. The molecule has 0 aliphatic rings. The average molecular weight is 224 g/mol. The second-order valence-electron chi connectivity index (χ2n) is 5.03. The van der Waals surface area contributed by atoms with Crippen LogP contribution in [0.4, 0.5) is 0 Å². The van der Waals surface area contributed by atoms with Gasteiger partial charge in [0.1, 0.15) is 5.78 Å². The molecule has 0 fully saturated rings. The maximum Gasteiger partial charge on any atom is 0.140 e. The highest BCUT2D eigenvalue weighted by molar-refractivity contribution is 5.80. The fraction of sp³-hybridized carbons (Fsp3) is 0.727. The number of ketones is 1. The van der Waals surface area contributed by atoms with E-state index in [1.165, 1.54) is 0 Å². The third-order valence-corrected chi connectivity index (χ3v) is 2.09. The number of Topliss-reactive ketones (excluding diaryl/α,β-unsaturated/α-hetero) is 1. The average Bonchev–Trinajstić information content (AvgIpc) is 2.48. The minimum absolute atomic E-state index is 0.0623. The molecule has 0 amide bonds. The van der Waals surface area contributed by atoms with Crippen molar-refractivity contribution in [3.8, 4) is 0 Å². The van der Waals surface area contributed by atoms with Crippen molar-refractivity contribution in [2.45, 2.75) is 39.2 Å². The molecule has 1 N–H and O–H groups in total. The van der Waals surface area contributed by atoms with E-state index in [4.69, 9.17) is 0 Å². The summed E-state index contributed by atoms with van der Waals surface area (Å²) in [5, 5.41) is 11.0. The maximum atomic E-state index is 11.6. The monoisotopic (exact) mass is 224 g/mol. The number of hydrogen-bond donors (Lipinski definition) is 1. The van der Waals surface area contributed by atoms with Crippen molar-refractivity contribution in [2.24, 2.45) is 7.05 Å². The molecule has 1 aromatic rings. The van der Waals surface area contributed by atoms with Crippen molar-refractivity contribution >= 4 is 5.78 Å². The molecular weight excluding hydrogens is 204 g/mol. The third-order valence-electron chi connectivity index (χ3n) is 2.09. The van der Waals surface area contributed by atoms with Crippen LogP contribution in [0.3, 0.4) is 0 Å². The van der Waals surface area contributed by atoms with E-state index in [9.17, 15) is 4.79 Å². The van der Waals surface area contributed by atoms with Crippen LogP contribution < -0.4 is 5.32 Å². The topological polar surface area (TPSA) is 59.8 Å².